The maximum Gasteiger partial charge on any atom is 0.264 e. The molecule has 12 nitrogen and oxygen atoms in total. The lowest BCUT2D eigenvalue weighted by Crippen LogP contribution is -2.55. The van der Waals surface area contributed by atoms with Crippen LogP contribution in [0.1, 0.15) is 54.5 Å². The molecule has 14 heteroatoms. The van der Waals surface area contributed by atoms with Gasteiger partial charge in [-0.3, -0.25) is 19.2 Å². The van der Waals surface area contributed by atoms with Crippen LogP contribution in [0.2, 0.25) is 23.7 Å². The van der Waals surface area contributed by atoms with Crippen LogP contribution >= 0.6 is 11.6 Å². The molecule has 4 aliphatic heterocycles. The second-order valence-electron chi connectivity index (χ2n) is 19.1. The first-order valence-electron chi connectivity index (χ1n) is 23.4. The first-order valence-corrected chi connectivity index (χ1v) is 26.9. The SMILES string of the molecule is COc1ccc([Si](C)(C)[C@H]2[C@H](CCn3cc(C(CO)c4ccccc4)nn3)O[C@@]3(C(=O)N(Cc4cccc(N5CN(c6ccccc6)C6(CCNCC6)C5=O)c4)c4ccc(Cl)cc43)[C@@H]2C)cc1. The number of amides is 2. The number of para-hydroxylation sites is 1. The van der Waals surface area contributed by atoms with E-state index in [1.54, 1.807) is 7.11 Å². The molecular formula is C53H58ClN7O5Si. The highest BCUT2D eigenvalue weighted by molar-refractivity contribution is 6.91. The Morgan fingerprint density at radius 3 is 2.33 bits per heavy atom. The number of fused-ring (bicyclic) bond motifs is 2. The number of aliphatic hydroxyl groups is 1. The number of nitrogens with zero attached hydrogens (tertiary/aromatic N) is 6. The maximum atomic E-state index is 15.7. The molecule has 3 saturated heterocycles. The molecule has 6 aromatic rings. The highest BCUT2D eigenvalue weighted by Gasteiger charge is 2.66. The van der Waals surface area contributed by atoms with E-state index in [-0.39, 0.29) is 48.4 Å². The molecule has 5 atom stereocenters. The zero-order chi connectivity index (χ0) is 46.5. The summed E-state index contributed by atoms with van der Waals surface area (Å²) in [4.78, 5) is 36.4. The van der Waals surface area contributed by atoms with Crippen molar-refractivity contribution in [3.05, 3.63) is 161 Å². The van der Waals surface area contributed by atoms with Crippen molar-refractivity contribution in [3.8, 4) is 5.75 Å². The largest absolute Gasteiger partial charge is 0.497 e. The summed E-state index contributed by atoms with van der Waals surface area (Å²) in [5.41, 5.74) is 4.00. The maximum absolute atomic E-state index is 15.7. The molecule has 1 aromatic heterocycles. The number of piperidine rings is 1. The van der Waals surface area contributed by atoms with Crippen LogP contribution in [0.25, 0.3) is 0 Å². The lowest BCUT2D eigenvalue weighted by Gasteiger charge is -2.39. The Morgan fingerprint density at radius 2 is 1.61 bits per heavy atom. The molecule has 3 fully saturated rings. The number of aryl methyl sites for hydroxylation is 1. The van der Waals surface area contributed by atoms with Crippen molar-refractivity contribution in [2.24, 2.45) is 5.92 Å². The number of hydrogen-bond donors (Lipinski definition) is 2. The summed E-state index contributed by atoms with van der Waals surface area (Å²) in [5.74, 6) is 0.237. The quantitative estimate of drug-likeness (QED) is 0.112. The molecule has 67 heavy (non-hydrogen) atoms. The van der Waals surface area contributed by atoms with Gasteiger partial charge in [0.25, 0.3) is 11.8 Å². The van der Waals surface area contributed by atoms with Gasteiger partial charge in [0, 0.05) is 40.6 Å². The minimum atomic E-state index is -2.45. The number of carbonyl (C=O) groups is 2. The van der Waals surface area contributed by atoms with Crippen LogP contribution in [0.15, 0.2) is 134 Å². The van der Waals surface area contributed by atoms with Gasteiger partial charge in [-0.2, -0.15) is 0 Å². The summed E-state index contributed by atoms with van der Waals surface area (Å²) in [6.07, 6.45) is 3.60. The Balaban J connectivity index is 0.974. The van der Waals surface area contributed by atoms with Crippen LogP contribution in [-0.2, 0) is 33.0 Å². The summed E-state index contributed by atoms with van der Waals surface area (Å²) in [6, 6.07) is 42.2. The second-order valence-corrected chi connectivity index (χ2v) is 24.3. The standard InChI is InChI=1S/C53H58ClN7O5Si/c1-36-49(67(3,4)43-21-19-42(65-2)20-22-43)48(24-29-58-33-46(56-57-58)44(34-62)38-13-7-5-8-14-38)66-53(36)45-31-39(54)18-23-47(45)59(51(53)64)32-37-12-11-17-41(30-37)60-35-61(40-15-9-6-10-16-40)52(50(60)63)25-27-55-28-26-52/h5-23,30-31,33,36,44,48-49,55,62H,24-29,32,34-35H2,1-4H3/t36-,44?,48+,49-,53+/m1/s1. The number of nitrogens with one attached hydrogen (secondary N) is 1. The van der Waals surface area contributed by atoms with Crippen molar-refractivity contribution in [1.82, 2.24) is 20.3 Å². The van der Waals surface area contributed by atoms with E-state index in [0.29, 0.717) is 30.4 Å². The van der Waals surface area contributed by atoms with E-state index < -0.39 is 19.2 Å². The predicted octanol–water partition coefficient (Wildman–Crippen LogP) is 7.85. The number of carbonyl (C=O) groups excluding carboxylic acids is 2. The van der Waals surface area contributed by atoms with Gasteiger partial charge < -0.3 is 29.7 Å². The van der Waals surface area contributed by atoms with Crippen molar-refractivity contribution in [2.45, 2.75) is 81.1 Å². The third-order valence-corrected chi connectivity index (χ3v) is 19.8. The number of aliphatic hydroxyl groups excluding tert-OH is 1. The second kappa shape index (κ2) is 18.0. The summed E-state index contributed by atoms with van der Waals surface area (Å²) in [7, 11) is -0.772. The Bertz CT molecular complexity index is 2750. The molecule has 10 rings (SSSR count). The van der Waals surface area contributed by atoms with Crippen molar-refractivity contribution in [1.29, 1.82) is 0 Å². The molecule has 0 bridgehead atoms. The molecule has 0 aliphatic carbocycles. The summed E-state index contributed by atoms with van der Waals surface area (Å²) >= 11 is 6.86. The first kappa shape index (κ1) is 45.0. The topological polar surface area (TPSA) is 125 Å². The molecule has 346 valence electrons. The van der Waals surface area contributed by atoms with E-state index >= 15 is 4.79 Å². The molecule has 5 aromatic carbocycles. The minimum Gasteiger partial charge on any atom is -0.497 e. The third-order valence-electron chi connectivity index (χ3n) is 15.2. The number of hydrogen-bond acceptors (Lipinski definition) is 9. The van der Waals surface area contributed by atoms with Crippen LogP contribution in [0.4, 0.5) is 17.1 Å². The predicted molar refractivity (Wildman–Crippen MR) is 265 cm³/mol. The zero-order valence-corrected chi connectivity index (χ0v) is 40.3. The van der Waals surface area contributed by atoms with E-state index in [2.05, 4.69) is 70.9 Å². The first-order chi connectivity index (χ1) is 32.5. The molecule has 1 unspecified atom stereocenters. The van der Waals surface area contributed by atoms with Gasteiger partial charge >= 0.3 is 0 Å². The van der Waals surface area contributed by atoms with Crippen molar-refractivity contribution in [3.63, 3.8) is 0 Å². The molecule has 0 saturated carbocycles. The number of benzene rings is 5. The zero-order valence-electron chi connectivity index (χ0n) is 38.5. The monoisotopic (exact) mass is 935 g/mol. The fourth-order valence-corrected chi connectivity index (χ4v) is 16.0. The highest BCUT2D eigenvalue weighted by atomic mass is 35.5. The van der Waals surface area contributed by atoms with Gasteiger partial charge in [0.1, 0.15) is 11.3 Å². The summed E-state index contributed by atoms with van der Waals surface area (Å²) in [6.45, 7) is 9.60. The van der Waals surface area contributed by atoms with Gasteiger partial charge in [0.2, 0.25) is 0 Å². The molecule has 2 amide bonds. The van der Waals surface area contributed by atoms with Gasteiger partial charge in [-0.15, -0.1) is 5.10 Å². The Labute approximate surface area is 398 Å². The molecule has 2 spiro atoms. The molecule has 5 heterocycles. The molecule has 0 radical (unpaired) electrons. The molecule has 2 N–H and O–H groups in total. The number of ether oxygens (including phenoxy) is 2. The van der Waals surface area contributed by atoms with Gasteiger partial charge in [-0.05, 0) is 104 Å². The molecular weight excluding hydrogens is 878 g/mol. The average Bonchev–Trinajstić information content (AvgIpc) is 4.08. The lowest BCUT2D eigenvalue weighted by molar-refractivity contribution is -0.146. The number of methoxy groups -OCH3 is 1. The van der Waals surface area contributed by atoms with Gasteiger partial charge in [0.15, 0.2) is 5.60 Å². The van der Waals surface area contributed by atoms with E-state index in [1.165, 1.54) is 5.19 Å². The highest BCUT2D eigenvalue weighted by Crippen LogP contribution is 2.60. The number of rotatable bonds is 13. The molecule has 4 aliphatic rings. The van der Waals surface area contributed by atoms with E-state index in [4.69, 9.17) is 21.1 Å². The third kappa shape index (κ3) is 7.74. The van der Waals surface area contributed by atoms with Crippen LogP contribution < -0.4 is 29.9 Å². The van der Waals surface area contributed by atoms with Crippen molar-refractivity contribution in [2.75, 3.05) is 48.2 Å². The number of aromatic nitrogens is 3. The van der Waals surface area contributed by atoms with Gasteiger partial charge in [-0.1, -0.05) is 115 Å². The fraction of sp³-hybridized carbons (Fsp3) is 0.358. The van der Waals surface area contributed by atoms with E-state index in [9.17, 15) is 9.90 Å². The van der Waals surface area contributed by atoms with Gasteiger partial charge in [0.05, 0.1) is 58.4 Å². The normalized spacial score (nSPS) is 22.8. The van der Waals surface area contributed by atoms with Crippen molar-refractivity contribution >= 4 is 53.7 Å². The average molecular weight is 937 g/mol. The minimum absolute atomic E-state index is 0.00602. The van der Waals surface area contributed by atoms with Gasteiger partial charge in [-0.25, -0.2) is 0 Å². The van der Waals surface area contributed by atoms with E-state index in [0.717, 1.165) is 65.4 Å². The smallest absolute Gasteiger partial charge is 0.264 e. The number of halogens is 1. The Kier molecular flexibility index (Phi) is 12.1. The summed E-state index contributed by atoms with van der Waals surface area (Å²) in [5, 5.41) is 24.7. The van der Waals surface area contributed by atoms with Crippen LogP contribution in [0, 0.1) is 5.92 Å². The number of anilines is 3. The van der Waals surface area contributed by atoms with Crippen LogP contribution in [0.3, 0.4) is 0 Å². The lowest BCUT2D eigenvalue weighted by atomic mass is 9.82. The van der Waals surface area contributed by atoms with Crippen LogP contribution in [0.5, 0.6) is 5.75 Å². The Hall–Kier alpha value is -5.83. The summed E-state index contributed by atoms with van der Waals surface area (Å²) < 4.78 is 14.8. The van der Waals surface area contributed by atoms with Crippen LogP contribution in [-0.4, -0.2) is 85.1 Å². The van der Waals surface area contributed by atoms with E-state index in [1.807, 2.05) is 118 Å². The fourth-order valence-electron chi connectivity index (χ4n) is 11.8. The Morgan fingerprint density at radius 1 is 0.896 bits per heavy atom. The van der Waals surface area contributed by atoms with Crippen molar-refractivity contribution < 1.29 is 24.2 Å².